The number of nitrogens with one attached hydrogen (secondary N) is 1. The van der Waals surface area contributed by atoms with E-state index in [9.17, 15) is 23.6 Å². The average Bonchev–Trinajstić information content (AvgIpc) is 2.49. The molecule has 2 aromatic carbocycles. The Labute approximate surface area is 130 Å². The number of nitro groups is 1. The fraction of sp³-hybridized carbons (Fsp3) is 0. The van der Waals surface area contributed by atoms with Gasteiger partial charge in [0.2, 0.25) is 0 Å². The number of non-ortho nitro benzene ring substituents is 1. The summed E-state index contributed by atoms with van der Waals surface area (Å²) in [7, 11) is -4.00. The molecule has 0 bridgehead atoms. The van der Waals surface area contributed by atoms with Gasteiger partial charge in [-0.1, -0.05) is 0 Å². The third kappa shape index (κ3) is 3.95. The molecule has 2 aromatic rings. The zero-order valence-electron chi connectivity index (χ0n) is 11.4. The molecule has 0 fully saturated rings. The van der Waals surface area contributed by atoms with Crippen LogP contribution in [0, 0.1) is 10.1 Å². The van der Waals surface area contributed by atoms with Gasteiger partial charge in [-0.25, -0.2) is 4.83 Å². The number of sulfonamides is 1. The van der Waals surface area contributed by atoms with Gasteiger partial charge in [-0.3, -0.25) is 10.1 Å². The molecule has 2 rings (SSSR count). The van der Waals surface area contributed by atoms with E-state index in [1.807, 2.05) is 4.83 Å². The van der Waals surface area contributed by atoms with Crippen molar-refractivity contribution in [1.82, 2.24) is 4.83 Å². The van der Waals surface area contributed by atoms with Crippen molar-refractivity contribution in [3.05, 3.63) is 58.1 Å². The lowest BCUT2D eigenvalue weighted by Gasteiger charge is -2.03. The predicted molar refractivity (Wildman–Crippen MR) is 80.8 cm³/mol. The van der Waals surface area contributed by atoms with Crippen LogP contribution in [0.2, 0.25) is 0 Å². The maximum Gasteiger partial charge on any atom is 0.276 e. The van der Waals surface area contributed by atoms with Crippen LogP contribution < -0.4 is 4.83 Å². The summed E-state index contributed by atoms with van der Waals surface area (Å²) >= 11 is 0. The van der Waals surface area contributed by atoms with Crippen LogP contribution in [-0.2, 0) is 10.0 Å². The molecular weight excluding hydrogens is 326 g/mol. The van der Waals surface area contributed by atoms with Crippen LogP contribution in [0.4, 0.5) is 5.69 Å². The van der Waals surface area contributed by atoms with Gasteiger partial charge in [-0.15, -0.1) is 0 Å². The molecule has 0 aliphatic rings. The maximum atomic E-state index is 11.9. The topological polar surface area (TPSA) is 142 Å². The summed E-state index contributed by atoms with van der Waals surface area (Å²) in [6, 6.07) is 7.99. The van der Waals surface area contributed by atoms with Gasteiger partial charge in [0.25, 0.3) is 15.7 Å². The van der Waals surface area contributed by atoms with Crippen LogP contribution in [-0.4, -0.2) is 29.8 Å². The van der Waals surface area contributed by atoms with Crippen LogP contribution in [0.15, 0.2) is 52.5 Å². The number of hydrogen-bond acceptors (Lipinski definition) is 7. The summed E-state index contributed by atoms with van der Waals surface area (Å²) in [6.07, 6.45) is 1.05. The summed E-state index contributed by atoms with van der Waals surface area (Å²) in [5, 5.41) is 32.7. The molecule has 0 spiro atoms. The molecule has 0 radical (unpaired) electrons. The minimum atomic E-state index is -4.00. The minimum Gasteiger partial charge on any atom is -0.508 e. The smallest absolute Gasteiger partial charge is 0.276 e. The van der Waals surface area contributed by atoms with Crippen LogP contribution in [0.25, 0.3) is 0 Å². The number of rotatable bonds is 5. The monoisotopic (exact) mass is 337 g/mol. The first-order valence-electron chi connectivity index (χ1n) is 6.11. The number of hydrogen-bond donors (Lipinski definition) is 3. The van der Waals surface area contributed by atoms with Gasteiger partial charge in [0.1, 0.15) is 11.5 Å². The fourth-order valence-electron chi connectivity index (χ4n) is 1.61. The van der Waals surface area contributed by atoms with Gasteiger partial charge in [0.05, 0.1) is 16.0 Å². The van der Waals surface area contributed by atoms with Crippen LogP contribution in [0.3, 0.4) is 0 Å². The highest BCUT2D eigenvalue weighted by Gasteiger charge is 2.14. The number of aromatic hydroxyl groups is 2. The molecule has 0 atom stereocenters. The summed E-state index contributed by atoms with van der Waals surface area (Å²) in [6.45, 7) is 0. The number of benzene rings is 2. The van der Waals surface area contributed by atoms with Crippen LogP contribution in [0.5, 0.6) is 11.5 Å². The number of phenolic OH excluding ortho intramolecular Hbond substituents is 2. The molecule has 120 valence electrons. The van der Waals surface area contributed by atoms with Crippen molar-refractivity contribution in [2.24, 2.45) is 5.10 Å². The van der Waals surface area contributed by atoms with Crippen molar-refractivity contribution in [3.8, 4) is 11.5 Å². The van der Waals surface area contributed by atoms with E-state index in [1.165, 1.54) is 12.1 Å². The van der Waals surface area contributed by atoms with Gasteiger partial charge in [0, 0.05) is 23.8 Å². The third-order valence-electron chi connectivity index (χ3n) is 2.75. The van der Waals surface area contributed by atoms with E-state index in [0.717, 1.165) is 36.5 Å². The van der Waals surface area contributed by atoms with Gasteiger partial charge in [-0.05, 0) is 24.3 Å². The summed E-state index contributed by atoms with van der Waals surface area (Å²) in [4.78, 5) is 11.6. The highest BCUT2D eigenvalue weighted by atomic mass is 32.2. The van der Waals surface area contributed by atoms with Gasteiger partial charge in [0.15, 0.2) is 0 Å². The molecule has 0 saturated heterocycles. The van der Waals surface area contributed by atoms with Crippen molar-refractivity contribution in [3.63, 3.8) is 0 Å². The lowest BCUT2D eigenvalue weighted by Crippen LogP contribution is -2.18. The van der Waals surface area contributed by atoms with E-state index in [1.54, 1.807) is 0 Å². The highest BCUT2D eigenvalue weighted by molar-refractivity contribution is 7.89. The Morgan fingerprint density at radius 2 is 1.78 bits per heavy atom. The van der Waals surface area contributed by atoms with Gasteiger partial charge >= 0.3 is 0 Å². The molecule has 0 heterocycles. The zero-order chi connectivity index (χ0) is 17.0. The largest absolute Gasteiger partial charge is 0.508 e. The molecule has 23 heavy (non-hydrogen) atoms. The quantitative estimate of drug-likeness (QED) is 0.426. The Bertz CT molecular complexity index is 862. The van der Waals surface area contributed by atoms with Crippen molar-refractivity contribution >= 4 is 21.9 Å². The summed E-state index contributed by atoms with van der Waals surface area (Å²) in [5.74, 6) is -0.422. The van der Waals surface area contributed by atoms with E-state index in [2.05, 4.69) is 5.10 Å². The Kier molecular flexibility index (Phi) is 4.46. The molecule has 0 amide bonds. The van der Waals surface area contributed by atoms with E-state index in [4.69, 9.17) is 5.11 Å². The zero-order valence-corrected chi connectivity index (χ0v) is 12.3. The normalized spacial score (nSPS) is 11.5. The van der Waals surface area contributed by atoms with E-state index in [-0.39, 0.29) is 27.6 Å². The van der Waals surface area contributed by atoms with Gasteiger partial charge < -0.3 is 10.2 Å². The lowest BCUT2D eigenvalue weighted by molar-refractivity contribution is -0.384. The third-order valence-corrected chi connectivity index (χ3v) is 3.99. The molecule has 0 saturated carbocycles. The fourth-order valence-corrected chi connectivity index (χ4v) is 2.40. The minimum absolute atomic E-state index is 0.147. The Morgan fingerprint density at radius 1 is 1.13 bits per heavy atom. The predicted octanol–water partition coefficient (Wildman–Crippen LogP) is 1.32. The number of nitro benzene ring substituents is 1. The molecule has 3 N–H and O–H groups in total. The number of phenols is 2. The molecule has 0 aromatic heterocycles. The summed E-state index contributed by atoms with van der Waals surface area (Å²) in [5.41, 5.74) is -0.0457. The Morgan fingerprint density at radius 3 is 2.35 bits per heavy atom. The average molecular weight is 337 g/mol. The Balaban J connectivity index is 2.14. The lowest BCUT2D eigenvalue weighted by atomic mass is 10.2. The van der Waals surface area contributed by atoms with Gasteiger partial charge in [-0.2, -0.15) is 13.5 Å². The van der Waals surface area contributed by atoms with E-state index >= 15 is 0 Å². The second-order valence-corrected chi connectivity index (χ2v) is 6.01. The van der Waals surface area contributed by atoms with Crippen molar-refractivity contribution in [2.75, 3.05) is 0 Å². The molecule has 0 aliphatic carbocycles. The first-order valence-corrected chi connectivity index (χ1v) is 7.59. The number of nitrogens with zero attached hydrogens (tertiary/aromatic N) is 2. The first kappa shape index (κ1) is 16.2. The molecular formula is C13H11N3O6S. The molecule has 0 aliphatic heterocycles. The van der Waals surface area contributed by atoms with Crippen LogP contribution >= 0.6 is 0 Å². The molecule has 0 unspecified atom stereocenters. The molecule has 9 nitrogen and oxygen atoms in total. The second kappa shape index (κ2) is 6.32. The van der Waals surface area contributed by atoms with Crippen molar-refractivity contribution in [2.45, 2.75) is 4.90 Å². The van der Waals surface area contributed by atoms with Crippen molar-refractivity contribution in [1.29, 1.82) is 0 Å². The van der Waals surface area contributed by atoms with Crippen LogP contribution in [0.1, 0.15) is 5.56 Å². The highest BCUT2D eigenvalue weighted by Crippen LogP contribution is 2.21. The van der Waals surface area contributed by atoms with Crippen molar-refractivity contribution < 1.29 is 23.6 Å². The molecule has 10 heteroatoms. The second-order valence-electron chi connectivity index (χ2n) is 4.35. The standard InChI is InChI=1S/C13H11N3O6S/c17-11-4-1-9(13(18)7-11)8-14-15-23(21,22)12-5-2-10(3-6-12)16(19)20/h1-8,15,17-18H/b14-8-. The maximum absolute atomic E-state index is 11.9. The Hall–Kier alpha value is -3.14. The number of hydrazone groups is 1. The SMILES string of the molecule is O=[N+]([O-])c1ccc(S(=O)(=O)N/N=C\c2ccc(O)cc2O)cc1. The first-order chi connectivity index (χ1) is 10.8. The summed E-state index contributed by atoms with van der Waals surface area (Å²) < 4.78 is 23.9. The van der Waals surface area contributed by atoms with E-state index < -0.39 is 14.9 Å². The van der Waals surface area contributed by atoms with E-state index in [0.29, 0.717) is 0 Å².